The van der Waals surface area contributed by atoms with Crippen molar-refractivity contribution in [2.45, 2.75) is 20.5 Å². The van der Waals surface area contributed by atoms with Gasteiger partial charge in [0.2, 0.25) is 4.77 Å². The highest BCUT2D eigenvalue weighted by Crippen LogP contribution is 2.33. The summed E-state index contributed by atoms with van der Waals surface area (Å²) in [5.41, 5.74) is 2.97. The highest BCUT2D eigenvalue weighted by molar-refractivity contribution is 7.71. The molecule has 0 amide bonds. The summed E-state index contributed by atoms with van der Waals surface area (Å²) >= 11 is 11.1. The van der Waals surface area contributed by atoms with Gasteiger partial charge in [-0.2, -0.15) is 5.10 Å². The van der Waals surface area contributed by atoms with Gasteiger partial charge in [-0.3, -0.25) is 5.10 Å². The molecular weight excluding hydrogens is 438 g/mol. The summed E-state index contributed by atoms with van der Waals surface area (Å²) in [5, 5.41) is 8.00. The van der Waals surface area contributed by atoms with Crippen LogP contribution in [-0.2, 0) is 11.3 Å². The zero-order valence-corrected chi connectivity index (χ0v) is 18.5. The molecule has 0 bridgehead atoms. The van der Waals surface area contributed by atoms with Crippen molar-refractivity contribution in [3.05, 3.63) is 69.3 Å². The van der Waals surface area contributed by atoms with Crippen molar-refractivity contribution in [1.82, 2.24) is 19.4 Å². The summed E-state index contributed by atoms with van der Waals surface area (Å²) in [6, 6.07) is 12.9. The van der Waals surface area contributed by atoms with Crippen LogP contribution in [0.1, 0.15) is 28.8 Å². The van der Waals surface area contributed by atoms with Gasteiger partial charge in [0, 0.05) is 21.8 Å². The summed E-state index contributed by atoms with van der Waals surface area (Å²) in [7, 11) is 0. The van der Waals surface area contributed by atoms with Crippen molar-refractivity contribution in [2.24, 2.45) is 0 Å². The van der Waals surface area contributed by atoms with Gasteiger partial charge >= 0.3 is 5.97 Å². The number of esters is 1. The molecule has 0 radical (unpaired) electrons. The largest absolute Gasteiger partial charge is 0.486 e. The highest BCUT2D eigenvalue weighted by Gasteiger charge is 2.22. The van der Waals surface area contributed by atoms with Crippen molar-refractivity contribution in [3.8, 4) is 11.4 Å². The van der Waals surface area contributed by atoms with Gasteiger partial charge in [0.1, 0.15) is 12.4 Å². The number of aromatic amines is 1. The smallest absolute Gasteiger partial charge is 0.340 e. The van der Waals surface area contributed by atoms with Crippen LogP contribution in [0.15, 0.2) is 42.5 Å². The lowest BCUT2D eigenvalue weighted by Gasteiger charge is -2.09. The van der Waals surface area contributed by atoms with Crippen LogP contribution in [0, 0.1) is 11.7 Å². The second kappa shape index (κ2) is 8.44. The van der Waals surface area contributed by atoms with Crippen LogP contribution < -0.4 is 10.6 Å². The first kappa shape index (κ1) is 21.0. The molecule has 0 aliphatic heterocycles. The van der Waals surface area contributed by atoms with Gasteiger partial charge in [-0.15, -0.1) is 0 Å². The maximum atomic E-state index is 12.8. The van der Waals surface area contributed by atoms with Crippen LogP contribution in [0.5, 0.6) is 5.75 Å². The van der Waals surface area contributed by atoms with E-state index >= 15 is 0 Å². The molecule has 8 nitrogen and oxygen atoms in total. The number of hydrogen-bond acceptors (Lipinski definition) is 6. The second-order valence-electron chi connectivity index (χ2n) is 6.78. The molecule has 2 heterocycles. The van der Waals surface area contributed by atoms with Crippen LogP contribution in [0.2, 0.25) is 5.02 Å². The Bertz CT molecular complexity index is 1320. The number of benzene rings is 2. The van der Waals surface area contributed by atoms with Crippen molar-refractivity contribution < 1.29 is 14.3 Å². The van der Waals surface area contributed by atoms with Gasteiger partial charge in [0.15, 0.2) is 5.82 Å². The van der Waals surface area contributed by atoms with E-state index in [1.807, 2.05) is 54.0 Å². The van der Waals surface area contributed by atoms with E-state index in [1.54, 1.807) is 6.92 Å². The Balaban J connectivity index is 1.80. The molecule has 4 aromatic rings. The molecule has 4 rings (SSSR count). The predicted molar refractivity (Wildman–Crippen MR) is 121 cm³/mol. The van der Waals surface area contributed by atoms with E-state index in [9.17, 15) is 4.79 Å². The van der Waals surface area contributed by atoms with Gasteiger partial charge in [-0.25, -0.2) is 9.47 Å². The molecule has 10 heteroatoms. The molecule has 3 N–H and O–H groups in total. The number of rotatable bonds is 6. The van der Waals surface area contributed by atoms with E-state index < -0.39 is 5.97 Å². The number of H-pyrrole nitrogens is 1. The monoisotopic (exact) mass is 457 g/mol. The lowest BCUT2D eigenvalue weighted by molar-refractivity contribution is 0.0527. The number of hydrogen-bond donors (Lipinski definition) is 2. The van der Waals surface area contributed by atoms with E-state index in [2.05, 4.69) is 10.2 Å². The summed E-state index contributed by atoms with van der Waals surface area (Å²) < 4.78 is 14.7. The van der Waals surface area contributed by atoms with E-state index in [0.717, 1.165) is 22.3 Å². The quantitative estimate of drug-likeness (QED) is 0.254. The number of nitrogens with one attached hydrogen (secondary N) is 1. The average Bonchev–Trinajstić information content (AvgIpc) is 3.23. The molecule has 0 aliphatic rings. The fourth-order valence-electron chi connectivity index (χ4n) is 3.46. The molecule has 160 valence electrons. The number of carbonyl (C=O) groups is 1. The number of ether oxygens (including phenoxy) is 2. The van der Waals surface area contributed by atoms with Crippen molar-refractivity contribution in [2.75, 3.05) is 12.4 Å². The molecule has 0 spiro atoms. The third kappa shape index (κ3) is 3.89. The van der Waals surface area contributed by atoms with Crippen molar-refractivity contribution in [3.63, 3.8) is 0 Å². The van der Waals surface area contributed by atoms with Gasteiger partial charge < -0.3 is 19.9 Å². The molecule has 0 saturated heterocycles. The maximum Gasteiger partial charge on any atom is 0.340 e. The van der Waals surface area contributed by atoms with Gasteiger partial charge in [-0.1, -0.05) is 11.6 Å². The summed E-state index contributed by atoms with van der Waals surface area (Å²) in [6.07, 6.45) is 0. The zero-order chi connectivity index (χ0) is 22.1. The third-order valence-corrected chi connectivity index (χ3v) is 5.43. The lowest BCUT2D eigenvalue weighted by atomic mass is 10.1. The fourth-order valence-corrected chi connectivity index (χ4v) is 3.74. The van der Waals surface area contributed by atoms with E-state index in [4.69, 9.17) is 39.1 Å². The molecule has 2 aromatic heterocycles. The minimum Gasteiger partial charge on any atom is -0.486 e. The topological polar surface area (TPSA) is 100 Å². The van der Waals surface area contributed by atoms with E-state index in [0.29, 0.717) is 26.9 Å². The molecule has 0 saturated carbocycles. The summed E-state index contributed by atoms with van der Waals surface area (Å²) in [4.78, 5) is 12.8. The van der Waals surface area contributed by atoms with Gasteiger partial charge in [-0.05, 0) is 68.5 Å². The van der Waals surface area contributed by atoms with E-state index in [1.165, 1.54) is 4.68 Å². The zero-order valence-electron chi connectivity index (χ0n) is 16.9. The Kier molecular flexibility index (Phi) is 5.71. The van der Waals surface area contributed by atoms with Crippen molar-refractivity contribution >= 4 is 40.7 Å². The Labute approximate surface area is 188 Å². The maximum absolute atomic E-state index is 12.8. The molecule has 2 aromatic carbocycles. The SMILES string of the molecule is CCOC(=O)c1c(C)n(-c2ccc(Cl)cc2)c2ccc(OCc3n[nH]c(=S)n3N)cc12. The number of nitrogens with zero attached hydrogens (tertiary/aromatic N) is 3. The fraction of sp³-hybridized carbons (Fsp3) is 0.190. The first-order chi connectivity index (χ1) is 14.9. The van der Waals surface area contributed by atoms with Crippen LogP contribution in [0.25, 0.3) is 16.6 Å². The third-order valence-electron chi connectivity index (χ3n) is 4.89. The first-order valence-electron chi connectivity index (χ1n) is 9.53. The Morgan fingerprint density at radius 1 is 1.26 bits per heavy atom. The number of fused-ring (bicyclic) bond motifs is 1. The lowest BCUT2D eigenvalue weighted by Crippen LogP contribution is -2.14. The van der Waals surface area contributed by atoms with Crippen LogP contribution in [0.4, 0.5) is 0 Å². The Morgan fingerprint density at radius 2 is 2.00 bits per heavy atom. The number of nitrogen functional groups attached to an aromatic ring is 1. The molecule has 0 fully saturated rings. The number of nitrogens with two attached hydrogens (primary N) is 1. The average molecular weight is 458 g/mol. The summed E-state index contributed by atoms with van der Waals surface area (Å²) in [6.45, 7) is 4.05. The number of halogens is 1. The first-order valence-corrected chi connectivity index (χ1v) is 10.3. The van der Waals surface area contributed by atoms with Gasteiger partial charge in [0.05, 0.1) is 17.7 Å². The minimum atomic E-state index is -0.391. The van der Waals surface area contributed by atoms with Crippen LogP contribution in [0.3, 0.4) is 0 Å². The minimum absolute atomic E-state index is 0.112. The normalized spacial score (nSPS) is 11.1. The Hall–Kier alpha value is -3.30. The predicted octanol–water partition coefficient (Wildman–Crippen LogP) is 4.32. The standard InChI is InChI=1S/C21H20ClN5O3S/c1-3-29-20(28)19-12(2)26(14-6-4-13(22)5-7-14)17-9-8-15(10-16(17)19)30-11-18-24-25-21(31)27(18)23/h4-10H,3,11,23H2,1-2H3,(H,25,31). The second-order valence-corrected chi connectivity index (χ2v) is 7.60. The van der Waals surface area contributed by atoms with Gasteiger partial charge in [0.25, 0.3) is 0 Å². The number of carbonyl (C=O) groups excluding carboxylic acids is 1. The molecule has 0 aliphatic carbocycles. The Morgan fingerprint density at radius 3 is 2.65 bits per heavy atom. The van der Waals surface area contributed by atoms with Crippen LogP contribution in [-0.4, -0.2) is 32.0 Å². The summed E-state index contributed by atoms with van der Waals surface area (Å²) in [5.74, 6) is 6.43. The van der Waals surface area contributed by atoms with Crippen LogP contribution >= 0.6 is 23.8 Å². The molecular formula is C21H20ClN5O3S. The molecule has 31 heavy (non-hydrogen) atoms. The molecule has 0 atom stereocenters. The highest BCUT2D eigenvalue weighted by atomic mass is 35.5. The van der Waals surface area contributed by atoms with E-state index in [-0.39, 0.29) is 13.2 Å². The number of aromatic nitrogens is 4. The molecule has 0 unspecified atom stereocenters. The van der Waals surface area contributed by atoms with Crippen molar-refractivity contribution in [1.29, 1.82) is 0 Å².